The summed E-state index contributed by atoms with van der Waals surface area (Å²) in [5.74, 6) is 0.815. The molecule has 0 radical (unpaired) electrons. The molecule has 3 heteroatoms. The molecule has 1 aromatic heterocycles. The fourth-order valence-electron chi connectivity index (χ4n) is 2.59. The van der Waals surface area contributed by atoms with Gasteiger partial charge in [0.25, 0.3) is 0 Å². The number of aromatic amines is 1. The highest BCUT2D eigenvalue weighted by atomic mass is 15.1. The second-order valence-corrected chi connectivity index (χ2v) is 5.12. The highest BCUT2D eigenvalue weighted by molar-refractivity contribution is 5.13. The van der Waals surface area contributed by atoms with Crippen molar-refractivity contribution in [2.24, 2.45) is 5.92 Å². The topological polar surface area (TPSA) is 40.7 Å². The molecule has 3 nitrogen and oxygen atoms in total. The monoisotopic (exact) mass is 221 g/mol. The molecular weight excluding hydrogens is 198 g/mol. The summed E-state index contributed by atoms with van der Waals surface area (Å²) in [5.41, 5.74) is 2.49. The van der Waals surface area contributed by atoms with E-state index in [9.17, 15) is 0 Å². The van der Waals surface area contributed by atoms with Crippen LogP contribution >= 0.6 is 0 Å². The lowest BCUT2D eigenvalue weighted by Gasteiger charge is -2.22. The molecule has 2 unspecified atom stereocenters. The molecule has 0 aromatic carbocycles. The van der Waals surface area contributed by atoms with Crippen LogP contribution in [-0.4, -0.2) is 16.2 Å². The summed E-state index contributed by atoms with van der Waals surface area (Å²) >= 11 is 0. The maximum absolute atomic E-state index is 4.06. The van der Waals surface area contributed by atoms with Crippen LogP contribution in [0, 0.1) is 12.8 Å². The highest BCUT2D eigenvalue weighted by Gasteiger charge is 2.19. The van der Waals surface area contributed by atoms with Gasteiger partial charge in [0.1, 0.15) is 0 Å². The molecule has 2 N–H and O–H groups in total. The van der Waals surface area contributed by atoms with Gasteiger partial charge in [-0.25, -0.2) is 0 Å². The molecule has 0 bridgehead atoms. The SMILES string of the molecule is Cc1[nH]ncc1CNC1CCCCCC1C. The maximum atomic E-state index is 4.06. The Morgan fingerprint density at radius 3 is 2.94 bits per heavy atom. The van der Waals surface area contributed by atoms with Gasteiger partial charge < -0.3 is 5.32 Å². The van der Waals surface area contributed by atoms with Crippen molar-refractivity contribution in [3.8, 4) is 0 Å². The molecule has 90 valence electrons. The third-order valence-electron chi connectivity index (χ3n) is 3.85. The molecule has 1 aliphatic rings. The summed E-state index contributed by atoms with van der Waals surface area (Å²) in [7, 11) is 0. The lowest BCUT2D eigenvalue weighted by Crippen LogP contribution is -2.33. The average molecular weight is 221 g/mol. The van der Waals surface area contributed by atoms with Crippen LogP contribution in [0.2, 0.25) is 0 Å². The van der Waals surface area contributed by atoms with Crippen LogP contribution in [0.5, 0.6) is 0 Å². The largest absolute Gasteiger partial charge is 0.310 e. The summed E-state index contributed by atoms with van der Waals surface area (Å²) < 4.78 is 0. The van der Waals surface area contributed by atoms with E-state index in [2.05, 4.69) is 29.4 Å². The summed E-state index contributed by atoms with van der Waals surface area (Å²) in [5, 5.41) is 10.7. The normalized spacial score (nSPS) is 26.6. The van der Waals surface area contributed by atoms with Gasteiger partial charge in [0.05, 0.1) is 6.20 Å². The lowest BCUT2D eigenvalue weighted by molar-refractivity contribution is 0.356. The standard InChI is InChI=1S/C13H23N3/c1-10-6-4-3-5-7-13(10)14-8-12-9-15-16-11(12)2/h9-10,13-14H,3-8H2,1-2H3,(H,15,16). The van der Waals surface area contributed by atoms with Crippen LogP contribution in [0.3, 0.4) is 0 Å². The smallest absolute Gasteiger partial charge is 0.0535 e. The number of nitrogens with zero attached hydrogens (tertiary/aromatic N) is 1. The Kier molecular flexibility index (Phi) is 3.99. The fourth-order valence-corrected chi connectivity index (χ4v) is 2.59. The molecular formula is C13H23N3. The summed E-state index contributed by atoms with van der Waals surface area (Å²) in [6.45, 7) is 5.42. The number of hydrogen-bond donors (Lipinski definition) is 2. The van der Waals surface area contributed by atoms with Crippen LogP contribution in [0.1, 0.15) is 50.3 Å². The minimum absolute atomic E-state index is 0.691. The zero-order chi connectivity index (χ0) is 11.4. The van der Waals surface area contributed by atoms with Crippen LogP contribution in [0.4, 0.5) is 0 Å². The molecule has 1 saturated carbocycles. The predicted molar refractivity (Wildman–Crippen MR) is 66.2 cm³/mol. The van der Waals surface area contributed by atoms with E-state index in [1.165, 1.54) is 43.4 Å². The van der Waals surface area contributed by atoms with E-state index < -0.39 is 0 Å². The first-order valence-corrected chi connectivity index (χ1v) is 6.49. The van der Waals surface area contributed by atoms with Crippen molar-refractivity contribution in [3.63, 3.8) is 0 Å². The van der Waals surface area contributed by atoms with E-state index in [0.29, 0.717) is 6.04 Å². The van der Waals surface area contributed by atoms with E-state index in [1.807, 2.05) is 6.20 Å². The van der Waals surface area contributed by atoms with E-state index in [4.69, 9.17) is 0 Å². The summed E-state index contributed by atoms with van der Waals surface area (Å²) in [6, 6.07) is 0.691. The number of nitrogens with one attached hydrogen (secondary N) is 2. The van der Waals surface area contributed by atoms with Gasteiger partial charge in [0.15, 0.2) is 0 Å². The Hall–Kier alpha value is -0.830. The van der Waals surface area contributed by atoms with Crippen molar-refractivity contribution >= 4 is 0 Å². The first-order valence-electron chi connectivity index (χ1n) is 6.49. The Morgan fingerprint density at radius 2 is 2.19 bits per heavy atom. The Labute approximate surface area is 98.0 Å². The van der Waals surface area contributed by atoms with Crippen LogP contribution < -0.4 is 5.32 Å². The van der Waals surface area contributed by atoms with E-state index >= 15 is 0 Å². The number of rotatable bonds is 3. The van der Waals surface area contributed by atoms with Crippen molar-refractivity contribution in [3.05, 3.63) is 17.5 Å². The molecule has 16 heavy (non-hydrogen) atoms. The first-order chi connectivity index (χ1) is 7.77. The van der Waals surface area contributed by atoms with Gasteiger partial charge in [-0.3, -0.25) is 5.10 Å². The molecule has 0 aliphatic heterocycles. The van der Waals surface area contributed by atoms with Crippen LogP contribution in [0.25, 0.3) is 0 Å². The molecule has 0 saturated heterocycles. The minimum atomic E-state index is 0.691. The first kappa shape index (κ1) is 11.6. The third-order valence-corrected chi connectivity index (χ3v) is 3.85. The summed E-state index contributed by atoms with van der Waals surface area (Å²) in [6.07, 6.45) is 8.84. The van der Waals surface area contributed by atoms with Gasteiger partial charge in [0.2, 0.25) is 0 Å². The van der Waals surface area contributed by atoms with Gasteiger partial charge in [-0.1, -0.05) is 26.2 Å². The fraction of sp³-hybridized carbons (Fsp3) is 0.769. The molecule has 0 spiro atoms. The van der Waals surface area contributed by atoms with Crippen LogP contribution in [0.15, 0.2) is 6.20 Å². The van der Waals surface area contributed by atoms with E-state index in [0.717, 1.165) is 12.5 Å². The number of aryl methyl sites for hydroxylation is 1. The maximum Gasteiger partial charge on any atom is 0.0535 e. The quantitative estimate of drug-likeness (QED) is 0.771. The Morgan fingerprint density at radius 1 is 1.38 bits per heavy atom. The second kappa shape index (κ2) is 5.48. The van der Waals surface area contributed by atoms with Crippen LogP contribution in [-0.2, 0) is 6.54 Å². The minimum Gasteiger partial charge on any atom is -0.310 e. The zero-order valence-electron chi connectivity index (χ0n) is 10.4. The second-order valence-electron chi connectivity index (χ2n) is 5.12. The van der Waals surface area contributed by atoms with Gasteiger partial charge in [-0.05, 0) is 25.7 Å². The number of aromatic nitrogens is 2. The van der Waals surface area contributed by atoms with Crippen molar-refractivity contribution in [1.82, 2.24) is 15.5 Å². The van der Waals surface area contributed by atoms with Crippen molar-refractivity contribution in [1.29, 1.82) is 0 Å². The molecule has 2 atom stereocenters. The molecule has 0 amide bonds. The van der Waals surface area contributed by atoms with Crippen molar-refractivity contribution < 1.29 is 0 Å². The van der Waals surface area contributed by atoms with E-state index in [1.54, 1.807) is 0 Å². The number of hydrogen-bond acceptors (Lipinski definition) is 2. The Balaban J connectivity index is 1.86. The summed E-state index contributed by atoms with van der Waals surface area (Å²) in [4.78, 5) is 0. The third kappa shape index (κ3) is 2.85. The lowest BCUT2D eigenvalue weighted by atomic mass is 9.97. The van der Waals surface area contributed by atoms with E-state index in [-0.39, 0.29) is 0 Å². The highest BCUT2D eigenvalue weighted by Crippen LogP contribution is 2.23. The average Bonchev–Trinajstić information content (AvgIpc) is 2.56. The Bertz CT molecular complexity index is 319. The van der Waals surface area contributed by atoms with Crippen molar-refractivity contribution in [2.75, 3.05) is 0 Å². The molecule has 1 aliphatic carbocycles. The van der Waals surface area contributed by atoms with Gasteiger partial charge in [-0.15, -0.1) is 0 Å². The van der Waals surface area contributed by atoms with Gasteiger partial charge >= 0.3 is 0 Å². The van der Waals surface area contributed by atoms with Crippen molar-refractivity contribution in [2.45, 2.75) is 58.5 Å². The molecule has 2 rings (SSSR count). The number of H-pyrrole nitrogens is 1. The molecule has 1 fully saturated rings. The van der Waals surface area contributed by atoms with Gasteiger partial charge in [-0.2, -0.15) is 5.10 Å². The molecule has 1 heterocycles. The van der Waals surface area contributed by atoms with Gasteiger partial charge in [0, 0.05) is 23.8 Å². The predicted octanol–water partition coefficient (Wildman–Crippen LogP) is 2.78. The molecule has 1 aromatic rings. The zero-order valence-corrected chi connectivity index (χ0v) is 10.4.